The fourth-order valence-corrected chi connectivity index (χ4v) is 3.89. The second kappa shape index (κ2) is 6.51. The van der Waals surface area contributed by atoms with Crippen LogP contribution < -0.4 is 0 Å². The van der Waals surface area contributed by atoms with Gasteiger partial charge in [0.1, 0.15) is 0 Å². The van der Waals surface area contributed by atoms with Gasteiger partial charge in [0, 0.05) is 37.8 Å². The number of aryl methyl sites for hydroxylation is 1. The Morgan fingerprint density at radius 3 is 2.56 bits per heavy atom. The van der Waals surface area contributed by atoms with Crippen molar-refractivity contribution >= 4 is 0 Å². The summed E-state index contributed by atoms with van der Waals surface area (Å²) in [7, 11) is 2.17. The van der Waals surface area contributed by atoms with Gasteiger partial charge in [-0.2, -0.15) is 10.4 Å². The van der Waals surface area contributed by atoms with Gasteiger partial charge in [-0.15, -0.1) is 0 Å². The second-order valence-corrected chi connectivity index (χ2v) is 7.06. The maximum Gasteiger partial charge on any atom is 0.217 e. The summed E-state index contributed by atoms with van der Waals surface area (Å²) in [5.74, 6) is 0.249. The fraction of sp³-hybridized carbons (Fsp3) is 0.474. The Labute approximate surface area is 147 Å². The number of aromatic nitrogens is 2. The van der Waals surface area contributed by atoms with Gasteiger partial charge in [0.15, 0.2) is 0 Å². The molecule has 1 atom stereocenters. The number of nitrogens with zero attached hydrogens (tertiary/aromatic N) is 5. The molecule has 4 rings (SSSR count). The highest BCUT2D eigenvalue weighted by molar-refractivity contribution is 5.44. The van der Waals surface area contributed by atoms with E-state index in [4.69, 9.17) is 5.26 Å². The van der Waals surface area contributed by atoms with Crippen LogP contribution in [0.25, 0.3) is 5.69 Å². The molecule has 6 nitrogen and oxygen atoms in total. The van der Waals surface area contributed by atoms with Crippen molar-refractivity contribution in [2.75, 3.05) is 33.2 Å². The Balaban J connectivity index is 1.56. The molecule has 1 aromatic carbocycles. The highest BCUT2D eigenvalue weighted by Gasteiger charge is 2.31. The molecule has 0 bridgehead atoms. The monoisotopic (exact) mass is 337 g/mol. The zero-order chi connectivity index (χ0) is 17.4. The normalized spacial score (nSPS) is 21.7. The fourth-order valence-electron chi connectivity index (χ4n) is 3.89. The lowest BCUT2D eigenvalue weighted by atomic mass is 9.91. The summed E-state index contributed by atoms with van der Waals surface area (Å²) in [6.07, 6.45) is 2.87. The number of aromatic hydroxyl groups is 1. The van der Waals surface area contributed by atoms with Crippen LogP contribution in [-0.2, 0) is 12.8 Å². The Morgan fingerprint density at radius 1 is 1.16 bits per heavy atom. The molecule has 1 N–H and O–H groups in total. The van der Waals surface area contributed by atoms with Crippen LogP contribution in [0.15, 0.2) is 24.3 Å². The third-order valence-electron chi connectivity index (χ3n) is 5.49. The molecule has 2 heterocycles. The molecule has 0 spiro atoms. The van der Waals surface area contributed by atoms with E-state index < -0.39 is 0 Å². The van der Waals surface area contributed by atoms with Crippen molar-refractivity contribution in [1.82, 2.24) is 19.6 Å². The first-order valence-electron chi connectivity index (χ1n) is 8.88. The predicted molar refractivity (Wildman–Crippen MR) is 94.8 cm³/mol. The number of benzene rings is 1. The average Bonchev–Trinajstić information content (AvgIpc) is 2.99. The summed E-state index contributed by atoms with van der Waals surface area (Å²) in [6.45, 7) is 4.42. The van der Waals surface area contributed by atoms with Crippen molar-refractivity contribution in [3.8, 4) is 17.6 Å². The van der Waals surface area contributed by atoms with Crippen molar-refractivity contribution in [1.29, 1.82) is 5.26 Å². The molecular formula is C19H23N5O. The Bertz CT molecular complexity index is 796. The van der Waals surface area contributed by atoms with Crippen LogP contribution >= 0.6 is 0 Å². The Morgan fingerprint density at radius 2 is 1.88 bits per heavy atom. The van der Waals surface area contributed by atoms with Crippen LogP contribution in [0.3, 0.4) is 0 Å². The first-order valence-corrected chi connectivity index (χ1v) is 8.88. The van der Waals surface area contributed by atoms with Gasteiger partial charge in [0.2, 0.25) is 5.88 Å². The lowest BCUT2D eigenvalue weighted by Crippen LogP contribution is -2.50. The van der Waals surface area contributed by atoms with Gasteiger partial charge in [-0.3, -0.25) is 4.90 Å². The van der Waals surface area contributed by atoms with Crippen LogP contribution in [0.2, 0.25) is 0 Å². The SMILES string of the molecule is CN1CCN(C2CCc3nn(-c4ccc(C#N)cc4)c(O)c3C2)CC1. The van der Waals surface area contributed by atoms with Crippen LogP contribution in [0.4, 0.5) is 0 Å². The standard InChI is InChI=1S/C19H23N5O/c1-22-8-10-23(11-9-22)16-6-7-18-17(12-16)19(25)24(21-18)15-4-2-14(13-20)3-5-15/h2-5,16,25H,6-12H2,1H3. The molecule has 1 unspecified atom stereocenters. The molecule has 1 saturated heterocycles. The van der Waals surface area contributed by atoms with E-state index in [1.807, 2.05) is 12.1 Å². The van der Waals surface area contributed by atoms with Crippen molar-refractivity contribution in [2.45, 2.75) is 25.3 Å². The van der Waals surface area contributed by atoms with Gasteiger partial charge in [0.05, 0.1) is 23.0 Å². The van der Waals surface area contributed by atoms with Crippen molar-refractivity contribution in [2.24, 2.45) is 0 Å². The summed E-state index contributed by atoms with van der Waals surface area (Å²) in [4.78, 5) is 4.92. The van der Waals surface area contributed by atoms with Gasteiger partial charge in [-0.05, 0) is 50.6 Å². The van der Waals surface area contributed by atoms with Crippen LogP contribution in [0.5, 0.6) is 5.88 Å². The molecule has 25 heavy (non-hydrogen) atoms. The zero-order valence-corrected chi connectivity index (χ0v) is 14.5. The van der Waals surface area contributed by atoms with Crippen LogP contribution in [0, 0.1) is 11.3 Å². The van der Waals surface area contributed by atoms with Crippen LogP contribution in [-0.4, -0.2) is 64.0 Å². The minimum absolute atomic E-state index is 0.249. The molecule has 1 aromatic heterocycles. The smallest absolute Gasteiger partial charge is 0.217 e. The summed E-state index contributed by atoms with van der Waals surface area (Å²) >= 11 is 0. The van der Waals surface area contributed by atoms with E-state index in [0.717, 1.165) is 62.4 Å². The zero-order valence-electron chi connectivity index (χ0n) is 14.5. The van der Waals surface area contributed by atoms with E-state index in [9.17, 15) is 5.11 Å². The first-order chi connectivity index (χ1) is 12.2. The van der Waals surface area contributed by atoms with E-state index in [2.05, 4.69) is 28.0 Å². The van der Waals surface area contributed by atoms with E-state index in [1.165, 1.54) is 0 Å². The molecule has 6 heteroatoms. The Hall–Kier alpha value is -2.36. The van der Waals surface area contributed by atoms with Crippen molar-refractivity contribution < 1.29 is 5.11 Å². The molecule has 1 aliphatic heterocycles. The molecule has 2 aliphatic rings. The maximum absolute atomic E-state index is 10.7. The topological polar surface area (TPSA) is 68.3 Å². The minimum Gasteiger partial charge on any atom is -0.493 e. The van der Waals surface area contributed by atoms with Crippen molar-refractivity contribution in [3.63, 3.8) is 0 Å². The van der Waals surface area contributed by atoms with E-state index in [-0.39, 0.29) is 5.88 Å². The molecular weight excluding hydrogens is 314 g/mol. The molecule has 0 radical (unpaired) electrons. The number of piperazine rings is 1. The van der Waals surface area contributed by atoms with Gasteiger partial charge < -0.3 is 10.0 Å². The second-order valence-electron chi connectivity index (χ2n) is 7.06. The average molecular weight is 337 g/mol. The number of nitriles is 1. The highest BCUT2D eigenvalue weighted by Crippen LogP contribution is 2.32. The van der Waals surface area contributed by atoms with Crippen molar-refractivity contribution in [3.05, 3.63) is 41.1 Å². The third kappa shape index (κ3) is 3.01. The van der Waals surface area contributed by atoms with Gasteiger partial charge in [-0.1, -0.05) is 0 Å². The highest BCUT2D eigenvalue weighted by atomic mass is 16.3. The van der Waals surface area contributed by atoms with E-state index in [1.54, 1.807) is 16.8 Å². The lowest BCUT2D eigenvalue weighted by molar-refractivity contribution is 0.103. The Kier molecular flexibility index (Phi) is 4.20. The third-order valence-corrected chi connectivity index (χ3v) is 5.49. The van der Waals surface area contributed by atoms with Crippen LogP contribution in [0.1, 0.15) is 23.2 Å². The van der Waals surface area contributed by atoms with E-state index >= 15 is 0 Å². The summed E-state index contributed by atoms with van der Waals surface area (Å²) in [5, 5.41) is 24.3. The number of rotatable bonds is 2. The molecule has 1 fully saturated rings. The molecule has 130 valence electrons. The number of hydrogen-bond donors (Lipinski definition) is 1. The molecule has 0 saturated carbocycles. The largest absolute Gasteiger partial charge is 0.493 e. The molecule has 0 amide bonds. The number of fused-ring (bicyclic) bond motifs is 1. The summed E-state index contributed by atoms with van der Waals surface area (Å²) in [5.41, 5.74) is 3.39. The van der Waals surface area contributed by atoms with Gasteiger partial charge >= 0.3 is 0 Å². The minimum atomic E-state index is 0.249. The molecule has 2 aromatic rings. The van der Waals surface area contributed by atoms with Gasteiger partial charge in [-0.25, -0.2) is 4.68 Å². The van der Waals surface area contributed by atoms with E-state index in [0.29, 0.717) is 11.6 Å². The quantitative estimate of drug-likeness (QED) is 0.901. The molecule has 1 aliphatic carbocycles. The first kappa shape index (κ1) is 16.1. The maximum atomic E-state index is 10.7. The summed E-state index contributed by atoms with van der Waals surface area (Å²) in [6, 6.07) is 9.77. The summed E-state index contributed by atoms with van der Waals surface area (Å²) < 4.78 is 1.61. The lowest BCUT2D eigenvalue weighted by Gasteiger charge is -2.39. The number of hydrogen-bond acceptors (Lipinski definition) is 5. The predicted octanol–water partition coefficient (Wildman–Crippen LogP) is 1.55. The number of likely N-dealkylation sites (N-methyl/N-ethyl adjacent to an activating group) is 1. The van der Waals surface area contributed by atoms with Gasteiger partial charge in [0.25, 0.3) is 0 Å².